The first-order chi connectivity index (χ1) is 25.5. The van der Waals surface area contributed by atoms with E-state index >= 15 is 0 Å². The van der Waals surface area contributed by atoms with Crippen molar-refractivity contribution in [2.24, 2.45) is 0 Å². The molecule has 0 aliphatic rings. The Hall–Kier alpha value is -5.51. The number of aromatic nitrogens is 4. The van der Waals surface area contributed by atoms with Gasteiger partial charge >= 0.3 is 0 Å². The van der Waals surface area contributed by atoms with E-state index in [4.69, 9.17) is 9.97 Å². The summed E-state index contributed by atoms with van der Waals surface area (Å²) in [5.74, 6) is 1.91. The van der Waals surface area contributed by atoms with Crippen molar-refractivity contribution in [3.63, 3.8) is 0 Å². The summed E-state index contributed by atoms with van der Waals surface area (Å²) in [6, 6.07) is 51.4. The van der Waals surface area contributed by atoms with Crippen LogP contribution in [0.25, 0.3) is 67.3 Å². The summed E-state index contributed by atoms with van der Waals surface area (Å²) in [6.07, 6.45) is 2.03. The van der Waals surface area contributed by atoms with Gasteiger partial charge in [0.05, 0.1) is 22.6 Å². The van der Waals surface area contributed by atoms with Crippen molar-refractivity contribution in [3.8, 4) is 62.0 Å². The van der Waals surface area contributed by atoms with Crippen LogP contribution in [0.1, 0.15) is 52.9 Å². The second-order valence-electron chi connectivity index (χ2n) is 15.7. The van der Waals surface area contributed by atoms with Crippen LogP contribution in [0.4, 0.5) is 0 Å². The third-order valence-electron chi connectivity index (χ3n) is 9.79. The van der Waals surface area contributed by atoms with Crippen LogP contribution in [0.2, 0.25) is 0 Å². The van der Waals surface area contributed by atoms with Gasteiger partial charge in [-0.25, -0.2) is 4.98 Å². The van der Waals surface area contributed by atoms with Crippen LogP contribution in [0, 0.1) is 6.07 Å². The Morgan fingerprint density at radius 1 is 0.593 bits per heavy atom. The molecule has 1 N–H and O–H groups in total. The predicted octanol–water partition coefficient (Wildman–Crippen LogP) is 12.0. The monoisotopic (exact) mass is 886 g/mol. The second-order valence-corrected chi connectivity index (χ2v) is 15.7. The average molecular weight is 887 g/mol. The zero-order valence-electron chi connectivity index (χ0n) is 31.4. The molecule has 5 nitrogen and oxygen atoms in total. The molecule has 0 saturated carbocycles. The number of phenols is 1. The Kier molecular flexibility index (Phi) is 9.81. The third kappa shape index (κ3) is 6.85. The first-order valence-corrected chi connectivity index (χ1v) is 18.2. The molecule has 8 rings (SSSR count). The molecule has 0 aliphatic carbocycles. The Morgan fingerprint density at radius 3 is 1.94 bits per heavy atom. The number of rotatable bonds is 6. The molecule has 0 atom stereocenters. The minimum absolute atomic E-state index is 0. The fraction of sp³-hybridized carbons (Fsp3) is 0.167. The van der Waals surface area contributed by atoms with Crippen molar-refractivity contribution in [3.05, 3.63) is 163 Å². The fourth-order valence-electron chi connectivity index (χ4n) is 7.05. The van der Waals surface area contributed by atoms with Gasteiger partial charge in [-0.3, -0.25) is 9.55 Å². The zero-order valence-corrected chi connectivity index (χ0v) is 33.7. The predicted molar refractivity (Wildman–Crippen MR) is 218 cm³/mol. The van der Waals surface area contributed by atoms with Crippen LogP contribution in [0.15, 0.2) is 146 Å². The van der Waals surface area contributed by atoms with Crippen LogP contribution in [-0.4, -0.2) is 24.2 Å². The van der Waals surface area contributed by atoms with E-state index in [9.17, 15) is 5.11 Å². The van der Waals surface area contributed by atoms with Crippen molar-refractivity contribution < 1.29 is 26.2 Å². The number of aromatic hydroxyl groups is 1. The van der Waals surface area contributed by atoms with Crippen LogP contribution < -0.4 is 0 Å². The van der Waals surface area contributed by atoms with Gasteiger partial charge in [0.25, 0.3) is 0 Å². The fourth-order valence-corrected chi connectivity index (χ4v) is 7.05. The van der Waals surface area contributed by atoms with Gasteiger partial charge in [0.15, 0.2) is 0 Å². The number of hydrogen-bond donors (Lipinski definition) is 1. The van der Waals surface area contributed by atoms with E-state index in [2.05, 4.69) is 160 Å². The molecule has 0 bridgehead atoms. The van der Waals surface area contributed by atoms with E-state index in [1.165, 1.54) is 5.56 Å². The SMILES string of the molecule is CC(C)(C)c1ccc(-n2cc(-c3ccccc3O)nc2-c2[c-]c(-c3cccc4c3nc(C(C)(C)C)n4-c3ccccc3)ccc2)c(-c2ccccc2)c1.[Pt]. The molecule has 0 amide bonds. The van der Waals surface area contributed by atoms with Gasteiger partial charge in [-0.05, 0) is 59.0 Å². The summed E-state index contributed by atoms with van der Waals surface area (Å²) in [6.45, 7) is 13.3. The Bertz CT molecular complexity index is 2590. The van der Waals surface area contributed by atoms with E-state index in [-0.39, 0.29) is 37.6 Å². The maximum absolute atomic E-state index is 11.0. The molecular formula is C48H43N4OPt-. The van der Waals surface area contributed by atoms with E-state index in [1.807, 2.05) is 36.5 Å². The van der Waals surface area contributed by atoms with Gasteiger partial charge < -0.3 is 9.67 Å². The first kappa shape index (κ1) is 36.8. The number of phenolic OH excluding ortho intramolecular Hbond substituents is 1. The van der Waals surface area contributed by atoms with Crippen LogP contribution >= 0.6 is 0 Å². The van der Waals surface area contributed by atoms with Crippen molar-refractivity contribution in [1.82, 2.24) is 19.1 Å². The van der Waals surface area contributed by atoms with Gasteiger partial charge in [0, 0.05) is 55.2 Å². The summed E-state index contributed by atoms with van der Waals surface area (Å²) in [5.41, 5.74) is 11.4. The van der Waals surface area contributed by atoms with E-state index in [1.54, 1.807) is 6.07 Å². The van der Waals surface area contributed by atoms with E-state index in [0.29, 0.717) is 11.3 Å². The molecule has 2 aromatic heterocycles. The molecule has 0 fully saturated rings. The van der Waals surface area contributed by atoms with Crippen molar-refractivity contribution in [2.45, 2.75) is 52.4 Å². The number of imidazole rings is 2. The maximum atomic E-state index is 11.0. The summed E-state index contributed by atoms with van der Waals surface area (Å²) < 4.78 is 4.43. The molecule has 0 radical (unpaired) electrons. The number of hydrogen-bond acceptors (Lipinski definition) is 3. The summed E-state index contributed by atoms with van der Waals surface area (Å²) in [5, 5.41) is 11.0. The van der Waals surface area contributed by atoms with Gasteiger partial charge in [0.1, 0.15) is 11.6 Å². The largest absolute Gasteiger partial charge is 0.507 e. The molecule has 6 heteroatoms. The molecule has 0 spiro atoms. The van der Waals surface area contributed by atoms with Gasteiger partial charge in [-0.15, -0.1) is 29.8 Å². The molecule has 6 aromatic carbocycles. The van der Waals surface area contributed by atoms with E-state index in [0.717, 1.165) is 61.9 Å². The number of benzene rings is 6. The van der Waals surface area contributed by atoms with Crippen molar-refractivity contribution >= 4 is 11.0 Å². The number of para-hydroxylation sites is 3. The average Bonchev–Trinajstić information content (AvgIpc) is 3.78. The standard InChI is InChI=1S/C48H43N4O.Pt/c1-47(2,3)35-27-28-41(39(30-35)32-17-9-7-10-18-32)51-31-40(38-23-13-14-26-43(38)53)49-45(51)34-20-15-19-33(29-34)37-24-16-25-42-44(37)50-46(48(4,5)6)52(42)36-21-11-8-12-22-36;/h7-28,30-31,53H,1-6H3;/q-1;. The Balaban J connectivity index is 0.00000450. The molecule has 0 unspecified atom stereocenters. The molecule has 54 heavy (non-hydrogen) atoms. The quantitative estimate of drug-likeness (QED) is 0.169. The van der Waals surface area contributed by atoms with Gasteiger partial charge in [-0.2, -0.15) is 0 Å². The molecule has 2 heterocycles. The van der Waals surface area contributed by atoms with Gasteiger partial charge in [-0.1, -0.05) is 132 Å². The molecular weight excluding hydrogens is 844 g/mol. The summed E-state index contributed by atoms with van der Waals surface area (Å²) in [4.78, 5) is 10.6. The third-order valence-corrected chi connectivity index (χ3v) is 9.79. The van der Waals surface area contributed by atoms with Crippen LogP contribution in [-0.2, 0) is 31.9 Å². The Labute approximate surface area is 332 Å². The van der Waals surface area contributed by atoms with Gasteiger partial charge in [0.2, 0.25) is 0 Å². The minimum Gasteiger partial charge on any atom is -0.507 e. The molecule has 0 aliphatic heterocycles. The summed E-state index contributed by atoms with van der Waals surface area (Å²) >= 11 is 0. The topological polar surface area (TPSA) is 55.9 Å². The molecule has 8 aromatic rings. The van der Waals surface area contributed by atoms with Crippen molar-refractivity contribution in [1.29, 1.82) is 0 Å². The smallest absolute Gasteiger partial charge is 0.124 e. The van der Waals surface area contributed by atoms with Crippen LogP contribution in [0.5, 0.6) is 5.75 Å². The van der Waals surface area contributed by atoms with Crippen LogP contribution in [0.3, 0.4) is 0 Å². The minimum atomic E-state index is -0.194. The zero-order chi connectivity index (χ0) is 36.9. The maximum Gasteiger partial charge on any atom is 0.124 e. The first-order valence-electron chi connectivity index (χ1n) is 18.2. The Morgan fingerprint density at radius 2 is 1.24 bits per heavy atom. The van der Waals surface area contributed by atoms with Crippen molar-refractivity contribution in [2.75, 3.05) is 0 Å². The van der Waals surface area contributed by atoms with E-state index < -0.39 is 0 Å². The number of nitrogens with zero attached hydrogens (tertiary/aromatic N) is 4. The normalized spacial score (nSPS) is 11.8. The second kappa shape index (κ2) is 14.4. The number of fused-ring (bicyclic) bond motifs is 1. The molecule has 272 valence electrons. The molecule has 0 saturated heterocycles. The summed E-state index contributed by atoms with van der Waals surface area (Å²) in [7, 11) is 0.